The number of hydrogen-bond donors (Lipinski definition) is 1. The third kappa shape index (κ3) is 6.40. The molecule has 0 fully saturated rings. The minimum atomic E-state index is -0.807. The number of carbonyl (C=O) groups is 1. The molecule has 0 unspecified atom stereocenters. The smallest absolute Gasteiger partial charge is 0.318 e. The van der Waals surface area contributed by atoms with E-state index in [0.717, 1.165) is 23.8 Å². The highest BCUT2D eigenvalue weighted by Crippen LogP contribution is 2.43. The summed E-state index contributed by atoms with van der Waals surface area (Å²) in [6.45, 7) is 1.81. The Balaban J connectivity index is 1.94. The average Bonchev–Trinajstić information content (AvgIpc) is 2.85. The molecule has 0 atom stereocenters. The van der Waals surface area contributed by atoms with Gasteiger partial charge in [0, 0.05) is 16.8 Å². The van der Waals surface area contributed by atoms with E-state index in [-0.39, 0.29) is 27.3 Å². The maximum atomic E-state index is 12.6. The molecular weight excluding hydrogens is 572 g/mol. The van der Waals surface area contributed by atoms with E-state index < -0.39 is 27.1 Å². The number of hydrogen-bond acceptors (Lipinski definition) is 8. The molecule has 13 heteroatoms. The molecule has 1 amide bonds. The predicted octanol–water partition coefficient (Wildman–Crippen LogP) is 6.57. The standard InChI is InChI=1S/C24H16BrClN4O7/c1-13-3-4-16(10-19(13)26)28-24(31)15(12-27)7-14-8-18(25)23(22(9-14)36-2)37-21-6-5-17(29(32)33)11-20(21)30(34)35/h3-11H,1-2H3,(H,28,31)/b15-7-. The molecule has 0 spiro atoms. The number of ether oxygens (including phenoxy) is 2. The number of carbonyl (C=O) groups excluding carboxylic acids is 1. The molecule has 0 radical (unpaired) electrons. The van der Waals surface area contributed by atoms with Gasteiger partial charge >= 0.3 is 5.69 Å². The van der Waals surface area contributed by atoms with E-state index in [1.54, 1.807) is 18.2 Å². The highest BCUT2D eigenvalue weighted by Gasteiger charge is 2.23. The Morgan fingerprint density at radius 3 is 2.43 bits per heavy atom. The molecule has 3 aromatic carbocycles. The molecule has 188 valence electrons. The summed E-state index contributed by atoms with van der Waals surface area (Å²) >= 11 is 9.39. The summed E-state index contributed by atoms with van der Waals surface area (Å²) in [5.74, 6) is -0.781. The van der Waals surface area contributed by atoms with Crippen LogP contribution in [0.25, 0.3) is 6.08 Å². The average molecular weight is 588 g/mol. The van der Waals surface area contributed by atoms with E-state index in [2.05, 4.69) is 21.2 Å². The number of nitro benzene ring substituents is 2. The Morgan fingerprint density at radius 1 is 1.11 bits per heavy atom. The summed E-state index contributed by atoms with van der Waals surface area (Å²) in [6, 6.07) is 12.7. The summed E-state index contributed by atoms with van der Waals surface area (Å²) in [7, 11) is 1.32. The van der Waals surface area contributed by atoms with Crippen LogP contribution >= 0.6 is 27.5 Å². The predicted molar refractivity (Wildman–Crippen MR) is 139 cm³/mol. The van der Waals surface area contributed by atoms with Crippen LogP contribution < -0.4 is 14.8 Å². The number of nitrogens with one attached hydrogen (secondary N) is 1. The molecule has 0 aliphatic heterocycles. The third-order valence-corrected chi connectivity index (χ3v) is 5.92. The zero-order chi connectivity index (χ0) is 27.3. The molecule has 37 heavy (non-hydrogen) atoms. The van der Waals surface area contributed by atoms with Crippen LogP contribution in [0.5, 0.6) is 17.2 Å². The zero-order valence-corrected chi connectivity index (χ0v) is 21.5. The van der Waals surface area contributed by atoms with Crippen molar-refractivity contribution in [2.45, 2.75) is 6.92 Å². The van der Waals surface area contributed by atoms with E-state index in [0.29, 0.717) is 16.3 Å². The topological polar surface area (TPSA) is 158 Å². The molecule has 0 saturated heterocycles. The van der Waals surface area contributed by atoms with Crippen molar-refractivity contribution in [1.29, 1.82) is 5.26 Å². The maximum absolute atomic E-state index is 12.6. The van der Waals surface area contributed by atoms with Gasteiger partial charge in [-0.2, -0.15) is 5.26 Å². The Bertz CT molecular complexity index is 1500. The molecule has 3 rings (SSSR count). The number of non-ortho nitro benzene ring substituents is 1. The van der Waals surface area contributed by atoms with Crippen molar-refractivity contribution in [3.8, 4) is 23.3 Å². The second-order valence-electron chi connectivity index (χ2n) is 7.39. The lowest BCUT2D eigenvalue weighted by atomic mass is 10.1. The lowest BCUT2D eigenvalue weighted by Gasteiger charge is -2.13. The molecule has 1 N–H and O–H groups in total. The number of nitrogens with zero attached hydrogens (tertiary/aromatic N) is 3. The first-order valence-electron chi connectivity index (χ1n) is 10.2. The fraction of sp³-hybridized carbons (Fsp3) is 0.0833. The number of methoxy groups -OCH3 is 1. The Labute approximate surface area is 223 Å². The number of nitriles is 1. The van der Waals surface area contributed by atoms with Gasteiger partial charge in [-0.05, 0) is 70.4 Å². The molecule has 0 aliphatic carbocycles. The molecule has 3 aromatic rings. The van der Waals surface area contributed by atoms with Crippen LogP contribution in [0.3, 0.4) is 0 Å². The van der Waals surface area contributed by atoms with Crippen LogP contribution in [0.15, 0.2) is 58.6 Å². The fourth-order valence-corrected chi connectivity index (χ4v) is 3.79. The summed E-state index contributed by atoms with van der Waals surface area (Å²) < 4.78 is 11.3. The van der Waals surface area contributed by atoms with Gasteiger partial charge in [0.2, 0.25) is 5.75 Å². The maximum Gasteiger partial charge on any atom is 0.318 e. The zero-order valence-electron chi connectivity index (χ0n) is 19.2. The number of anilines is 1. The first kappa shape index (κ1) is 27.1. The molecule has 0 bridgehead atoms. The summed E-state index contributed by atoms with van der Waals surface area (Å²) in [6.07, 6.45) is 1.32. The Hall–Kier alpha value is -4.47. The molecular formula is C24H16BrClN4O7. The quantitative estimate of drug-likeness (QED) is 0.134. The molecule has 0 aliphatic rings. The fourth-order valence-electron chi connectivity index (χ4n) is 3.06. The van der Waals surface area contributed by atoms with Crippen LogP contribution in [0.2, 0.25) is 5.02 Å². The lowest BCUT2D eigenvalue weighted by Crippen LogP contribution is -2.13. The van der Waals surface area contributed by atoms with Crippen LogP contribution in [0.4, 0.5) is 17.1 Å². The van der Waals surface area contributed by atoms with Crippen molar-refractivity contribution in [3.05, 3.63) is 95.0 Å². The lowest BCUT2D eigenvalue weighted by molar-refractivity contribution is -0.394. The number of aryl methyl sites for hydroxylation is 1. The largest absolute Gasteiger partial charge is 0.493 e. The monoisotopic (exact) mass is 586 g/mol. The van der Waals surface area contributed by atoms with Gasteiger partial charge in [-0.15, -0.1) is 0 Å². The van der Waals surface area contributed by atoms with E-state index in [1.807, 2.05) is 13.0 Å². The molecule has 0 aromatic heterocycles. The van der Waals surface area contributed by atoms with Gasteiger partial charge in [0.15, 0.2) is 11.5 Å². The van der Waals surface area contributed by atoms with Gasteiger partial charge in [0.05, 0.1) is 27.5 Å². The number of rotatable bonds is 8. The highest BCUT2D eigenvalue weighted by atomic mass is 79.9. The number of amides is 1. The summed E-state index contributed by atoms with van der Waals surface area (Å²) in [4.78, 5) is 33.5. The van der Waals surface area contributed by atoms with Gasteiger partial charge in [0.25, 0.3) is 11.6 Å². The van der Waals surface area contributed by atoms with Crippen molar-refractivity contribution in [1.82, 2.24) is 0 Å². The second kappa shape index (κ2) is 11.5. The SMILES string of the molecule is COc1cc(/C=C(/C#N)C(=O)Nc2ccc(C)c(Cl)c2)cc(Br)c1Oc1ccc([N+](=O)[O-])cc1[N+](=O)[O-]. The first-order chi connectivity index (χ1) is 17.5. The van der Waals surface area contributed by atoms with Crippen molar-refractivity contribution in [2.75, 3.05) is 12.4 Å². The summed E-state index contributed by atoms with van der Waals surface area (Å²) in [5, 5.41) is 35.0. The van der Waals surface area contributed by atoms with Gasteiger partial charge < -0.3 is 14.8 Å². The normalized spacial score (nSPS) is 10.8. The minimum absolute atomic E-state index is 0.0360. The number of benzene rings is 3. The van der Waals surface area contributed by atoms with Gasteiger partial charge in [-0.25, -0.2) is 0 Å². The van der Waals surface area contributed by atoms with Crippen LogP contribution in [-0.4, -0.2) is 22.9 Å². The van der Waals surface area contributed by atoms with E-state index >= 15 is 0 Å². The van der Waals surface area contributed by atoms with E-state index in [4.69, 9.17) is 21.1 Å². The third-order valence-electron chi connectivity index (χ3n) is 4.92. The van der Waals surface area contributed by atoms with E-state index in [1.165, 1.54) is 25.3 Å². The molecule has 0 saturated carbocycles. The number of halogens is 2. The first-order valence-corrected chi connectivity index (χ1v) is 11.4. The minimum Gasteiger partial charge on any atom is -0.493 e. The Morgan fingerprint density at radius 2 is 1.84 bits per heavy atom. The van der Waals surface area contributed by atoms with E-state index in [9.17, 15) is 30.3 Å². The molecule has 0 heterocycles. The van der Waals surface area contributed by atoms with Crippen LogP contribution in [-0.2, 0) is 4.79 Å². The van der Waals surface area contributed by atoms with Crippen molar-refractivity contribution >= 4 is 56.6 Å². The van der Waals surface area contributed by atoms with Crippen molar-refractivity contribution < 1.29 is 24.1 Å². The number of nitro groups is 2. The van der Waals surface area contributed by atoms with Gasteiger partial charge in [-0.1, -0.05) is 17.7 Å². The van der Waals surface area contributed by atoms with Crippen molar-refractivity contribution in [2.24, 2.45) is 0 Å². The highest BCUT2D eigenvalue weighted by molar-refractivity contribution is 9.10. The summed E-state index contributed by atoms with van der Waals surface area (Å²) in [5.41, 5.74) is 0.309. The van der Waals surface area contributed by atoms with Crippen LogP contribution in [0.1, 0.15) is 11.1 Å². The molecule has 11 nitrogen and oxygen atoms in total. The second-order valence-corrected chi connectivity index (χ2v) is 8.65. The van der Waals surface area contributed by atoms with Crippen LogP contribution in [0, 0.1) is 38.5 Å². The van der Waals surface area contributed by atoms with Gasteiger partial charge in [-0.3, -0.25) is 25.0 Å². The van der Waals surface area contributed by atoms with Gasteiger partial charge in [0.1, 0.15) is 11.6 Å². The Kier molecular flexibility index (Phi) is 8.44. The van der Waals surface area contributed by atoms with Crippen molar-refractivity contribution in [3.63, 3.8) is 0 Å².